The molecule has 1 aliphatic heterocycles. The van der Waals surface area contributed by atoms with E-state index in [1.165, 1.54) is 25.3 Å². The number of carbonyl (C=O) groups is 1. The number of benzene rings is 1. The third-order valence-corrected chi connectivity index (χ3v) is 5.66. The molecule has 0 aromatic heterocycles. The Bertz CT molecular complexity index is 664. The van der Waals surface area contributed by atoms with Gasteiger partial charge in [0, 0.05) is 38.6 Å². The van der Waals surface area contributed by atoms with E-state index in [9.17, 15) is 9.18 Å². The lowest BCUT2D eigenvalue weighted by molar-refractivity contribution is -0.135. The van der Waals surface area contributed by atoms with Crippen LogP contribution in [0.5, 0.6) is 0 Å². The molecule has 156 valence electrons. The average Bonchev–Trinajstić information content (AvgIpc) is 3.17. The number of rotatable bonds is 5. The second-order valence-corrected chi connectivity index (χ2v) is 7.59. The van der Waals surface area contributed by atoms with Gasteiger partial charge in [0.05, 0.1) is 0 Å². The van der Waals surface area contributed by atoms with Gasteiger partial charge < -0.3 is 15.5 Å². The lowest BCUT2D eigenvalue weighted by Gasteiger charge is -2.26. The van der Waals surface area contributed by atoms with Gasteiger partial charge in [-0.3, -0.25) is 9.79 Å². The van der Waals surface area contributed by atoms with Crippen molar-refractivity contribution in [3.63, 3.8) is 0 Å². The Morgan fingerprint density at radius 3 is 2.68 bits per heavy atom. The molecular formula is C21H32FIN4O. The van der Waals surface area contributed by atoms with Gasteiger partial charge in [-0.1, -0.05) is 37.5 Å². The lowest BCUT2D eigenvalue weighted by Crippen LogP contribution is -2.46. The maximum Gasteiger partial charge on any atom is 0.225 e. The third kappa shape index (κ3) is 6.32. The van der Waals surface area contributed by atoms with E-state index in [0.717, 1.165) is 32.4 Å². The second kappa shape index (κ2) is 11.6. The Labute approximate surface area is 184 Å². The van der Waals surface area contributed by atoms with E-state index in [0.29, 0.717) is 30.4 Å². The van der Waals surface area contributed by atoms with E-state index >= 15 is 0 Å². The monoisotopic (exact) mass is 502 g/mol. The van der Waals surface area contributed by atoms with Gasteiger partial charge in [0.15, 0.2) is 5.96 Å². The summed E-state index contributed by atoms with van der Waals surface area (Å²) in [5, 5.41) is 6.65. The third-order valence-electron chi connectivity index (χ3n) is 5.66. The molecule has 1 aliphatic carbocycles. The van der Waals surface area contributed by atoms with Crippen molar-refractivity contribution in [1.82, 2.24) is 15.5 Å². The molecule has 1 heterocycles. The van der Waals surface area contributed by atoms with E-state index in [1.54, 1.807) is 19.2 Å². The largest absolute Gasteiger partial charge is 0.356 e. The SMILES string of the molecule is CN=C(NCCc1ccccc1F)NC1CCN(C(=O)C2CCCCC2)C1.I. The van der Waals surface area contributed by atoms with Gasteiger partial charge in [-0.05, 0) is 37.3 Å². The van der Waals surface area contributed by atoms with Crippen LogP contribution in [0, 0.1) is 11.7 Å². The van der Waals surface area contributed by atoms with E-state index in [4.69, 9.17) is 0 Å². The van der Waals surface area contributed by atoms with Gasteiger partial charge in [-0.25, -0.2) is 4.39 Å². The first kappa shape index (κ1) is 22.9. The first-order chi connectivity index (χ1) is 13.2. The van der Waals surface area contributed by atoms with Crippen molar-refractivity contribution in [3.05, 3.63) is 35.6 Å². The number of hydrogen-bond acceptors (Lipinski definition) is 2. The fourth-order valence-corrected chi connectivity index (χ4v) is 4.09. The number of amides is 1. The molecule has 2 fully saturated rings. The van der Waals surface area contributed by atoms with Crippen LogP contribution in [0.15, 0.2) is 29.3 Å². The highest BCUT2D eigenvalue weighted by molar-refractivity contribution is 14.0. The number of guanidine groups is 1. The minimum absolute atomic E-state index is 0. The molecule has 0 spiro atoms. The number of likely N-dealkylation sites (tertiary alicyclic amines) is 1. The molecule has 1 aromatic carbocycles. The number of nitrogens with zero attached hydrogens (tertiary/aromatic N) is 2. The highest BCUT2D eigenvalue weighted by atomic mass is 127. The summed E-state index contributed by atoms with van der Waals surface area (Å²) in [6.07, 6.45) is 7.27. The van der Waals surface area contributed by atoms with Crippen LogP contribution in [0.3, 0.4) is 0 Å². The molecule has 7 heteroatoms. The Hall–Kier alpha value is -1.38. The predicted molar refractivity (Wildman–Crippen MR) is 122 cm³/mol. The van der Waals surface area contributed by atoms with Crippen LogP contribution in [-0.4, -0.2) is 49.5 Å². The molecule has 1 saturated carbocycles. The van der Waals surface area contributed by atoms with Crippen LogP contribution in [-0.2, 0) is 11.2 Å². The first-order valence-corrected chi connectivity index (χ1v) is 10.2. The average molecular weight is 502 g/mol. The van der Waals surface area contributed by atoms with E-state index in [2.05, 4.69) is 15.6 Å². The number of hydrogen-bond donors (Lipinski definition) is 2. The van der Waals surface area contributed by atoms with Crippen LogP contribution >= 0.6 is 24.0 Å². The predicted octanol–water partition coefficient (Wildman–Crippen LogP) is 3.33. The van der Waals surface area contributed by atoms with Gasteiger partial charge in [0.25, 0.3) is 0 Å². The summed E-state index contributed by atoms with van der Waals surface area (Å²) in [4.78, 5) is 19.0. The van der Waals surface area contributed by atoms with Gasteiger partial charge in [0.1, 0.15) is 5.82 Å². The standard InChI is InChI=1S/C21H31FN4O.HI/c1-23-21(24-13-11-16-7-5-6-10-19(16)22)25-18-12-14-26(15-18)20(27)17-8-3-2-4-9-17;/h5-7,10,17-18H,2-4,8-9,11-15H2,1H3,(H2,23,24,25);1H. The Balaban J connectivity index is 0.00000280. The lowest BCUT2D eigenvalue weighted by atomic mass is 9.88. The molecule has 1 unspecified atom stereocenters. The number of nitrogens with one attached hydrogen (secondary N) is 2. The fourth-order valence-electron chi connectivity index (χ4n) is 4.09. The minimum Gasteiger partial charge on any atom is -0.356 e. The highest BCUT2D eigenvalue weighted by Crippen LogP contribution is 2.26. The quantitative estimate of drug-likeness (QED) is 0.369. The Morgan fingerprint density at radius 1 is 1.21 bits per heavy atom. The molecule has 28 heavy (non-hydrogen) atoms. The number of aliphatic imine (C=N–C) groups is 1. The first-order valence-electron chi connectivity index (χ1n) is 10.2. The van der Waals surface area contributed by atoms with Crippen molar-refractivity contribution in [1.29, 1.82) is 0 Å². The summed E-state index contributed by atoms with van der Waals surface area (Å²) in [7, 11) is 1.73. The topological polar surface area (TPSA) is 56.7 Å². The molecule has 1 aromatic rings. The zero-order valence-corrected chi connectivity index (χ0v) is 19.0. The molecule has 1 amide bonds. The van der Waals surface area contributed by atoms with E-state index in [-0.39, 0.29) is 41.8 Å². The van der Waals surface area contributed by atoms with E-state index < -0.39 is 0 Å². The molecule has 2 aliphatic rings. The highest BCUT2D eigenvalue weighted by Gasteiger charge is 2.31. The molecule has 5 nitrogen and oxygen atoms in total. The summed E-state index contributed by atoms with van der Waals surface area (Å²) < 4.78 is 13.7. The number of halogens is 2. The van der Waals surface area contributed by atoms with Crippen LogP contribution in [0.2, 0.25) is 0 Å². The van der Waals surface area contributed by atoms with Crippen LogP contribution in [0.4, 0.5) is 4.39 Å². The van der Waals surface area contributed by atoms with Crippen molar-refractivity contribution in [3.8, 4) is 0 Å². The smallest absolute Gasteiger partial charge is 0.225 e. The molecule has 2 N–H and O–H groups in total. The van der Waals surface area contributed by atoms with Gasteiger partial charge in [0.2, 0.25) is 5.91 Å². The molecule has 1 atom stereocenters. The maximum absolute atomic E-state index is 13.7. The van der Waals surface area contributed by atoms with Crippen LogP contribution in [0.1, 0.15) is 44.1 Å². The van der Waals surface area contributed by atoms with Gasteiger partial charge >= 0.3 is 0 Å². The molecule has 1 saturated heterocycles. The fraction of sp³-hybridized carbons (Fsp3) is 0.619. The van der Waals surface area contributed by atoms with E-state index in [1.807, 2.05) is 11.0 Å². The van der Waals surface area contributed by atoms with Gasteiger partial charge in [-0.2, -0.15) is 0 Å². The maximum atomic E-state index is 13.7. The Kier molecular flexibility index (Phi) is 9.47. The molecule has 0 radical (unpaired) electrons. The van der Waals surface area contributed by atoms with Crippen molar-refractivity contribution in [2.75, 3.05) is 26.7 Å². The zero-order valence-electron chi connectivity index (χ0n) is 16.6. The van der Waals surface area contributed by atoms with Crippen LogP contribution in [0.25, 0.3) is 0 Å². The van der Waals surface area contributed by atoms with Gasteiger partial charge in [-0.15, -0.1) is 24.0 Å². The minimum atomic E-state index is -0.171. The zero-order chi connectivity index (χ0) is 19.1. The summed E-state index contributed by atoms with van der Waals surface area (Å²) in [6, 6.07) is 7.06. The van der Waals surface area contributed by atoms with Crippen molar-refractivity contribution in [2.45, 2.75) is 51.0 Å². The summed E-state index contributed by atoms with van der Waals surface area (Å²) >= 11 is 0. The molecular weight excluding hydrogens is 470 g/mol. The Morgan fingerprint density at radius 2 is 1.96 bits per heavy atom. The molecule has 3 rings (SSSR count). The second-order valence-electron chi connectivity index (χ2n) is 7.59. The number of carbonyl (C=O) groups excluding carboxylic acids is 1. The van der Waals surface area contributed by atoms with Crippen LogP contribution < -0.4 is 10.6 Å². The summed E-state index contributed by atoms with van der Waals surface area (Å²) in [5.74, 6) is 1.11. The normalized spacial score (nSPS) is 20.6. The van der Waals surface area contributed by atoms with Crippen molar-refractivity contribution >= 4 is 35.8 Å². The van der Waals surface area contributed by atoms with Crippen molar-refractivity contribution < 1.29 is 9.18 Å². The summed E-state index contributed by atoms with van der Waals surface area (Å²) in [5.41, 5.74) is 0.700. The molecule has 0 bridgehead atoms. The van der Waals surface area contributed by atoms with Crippen molar-refractivity contribution in [2.24, 2.45) is 10.9 Å². The summed E-state index contributed by atoms with van der Waals surface area (Å²) in [6.45, 7) is 2.17.